The lowest BCUT2D eigenvalue weighted by molar-refractivity contribution is 1.05. The van der Waals surface area contributed by atoms with Gasteiger partial charge in [0, 0.05) is 4.88 Å². The van der Waals surface area contributed by atoms with Crippen LogP contribution in [0.4, 0.5) is 0 Å². The van der Waals surface area contributed by atoms with Crippen molar-refractivity contribution in [2.45, 2.75) is 24.6 Å². The van der Waals surface area contributed by atoms with E-state index in [1.54, 1.807) is 0 Å². The van der Waals surface area contributed by atoms with E-state index in [0.29, 0.717) is 0 Å². The maximum Gasteiger partial charge on any atom is 0.0804 e. The van der Waals surface area contributed by atoms with Gasteiger partial charge < -0.3 is 0 Å². The third-order valence-corrected chi connectivity index (χ3v) is 3.54. The van der Waals surface area contributed by atoms with Gasteiger partial charge in [-0.2, -0.15) is 4.37 Å². The lowest BCUT2D eigenvalue weighted by atomic mass is 10.3. The first-order chi connectivity index (χ1) is 4.71. The van der Waals surface area contributed by atoms with Crippen molar-refractivity contribution < 1.29 is 0 Å². The van der Waals surface area contributed by atoms with Crippen LogP contribution in [0.5, 0.6) is 0 Å². The van der Waals surface area contributed by atoms with Gasteiger partial charge in [0.05, 0.1) is 10.6 Å². The lowest BCUT2D eigenvalue weighted by Crippen LogP contribution is -1.89. The summed E-state index contributed by atoms with van der Waals surface area (Å²) < 4.78 is 4.18. The second-order valence-electron chi connectivity index (χ2n) is 2.80. The number of alkyl halides is 1. The fraction of sp³-hybridized carbons (Fsp3) is 0.571. The van der Waals surface area contributed by atoms with E-state index in [9.17, 15) is 0 Å². The van der Waals surface area contributed by atoms with Crippen molar-refractivity contribution in [1.29, 1.82) is 0 Å². The summed E-state index contributed by atoms with van der Waals surface area (Å²) in [5.74, 6) is 0. The predicted octanol–water partition coefficient (Wildman–Crippen LogP) is 2.68. The summed E-state index contributed by atoms with van der Waals surface area (Å²) in [5.41, 5.74) is 1.09. The monoisotopic (exact) mass is 173 g/mol. The van der Waals surface area contributed by atoms with Crippen LogP contribution in [0.3, 0.4) is 0 Å². The number of aromatic nitrogens is 1. The van der Waals surface area contributed by atoms with Crippen LogP contribution in [0.1, 0.15) is 23.4 Å². The first-order valence-corrected chi connectivity index (χ1v) is 4.49. The summed E-state index contributed by atoms with van der Waals surface area (Å²) in [4.78, 5) is 1.23. The van der Waals surface area contributed by atoms with Gasteiger partial charge in [-0.3, -0.25) is 0 Å². The quantitative estimate of drug-likeness (QED) is 0.596. The number of hydrogen-bond donors (Lipinski definition) is 0. The zero-order chi connectivity index (χ0) is 7.19. The van der Waals surface area contributed by atoms with E-state index in [4.69, 9.17) is 11.6 Å². The van der Waals surface area contributed by atoms with Crippen LogP contribution < -0.4 is 0 Å². The third kappa shape index (κ3) is 0.956. The SMILES string of the molecule is Cc1cc(C2(Cl)CC2)sn1. The summed E-state index contributed by atoms with van der Waals surface area (Å²) >= 11 is 7.69. The summed E-state index contributed by atoms with van der Waals surface area (Å²) in [6, 6.07) is 2.09. The molecule has 0 N–H and O–H groups in total. The van der Waals surface area contributed by atoms with Gasteiger partial charge in [0.15, 0.2) is 0 Å². The Bertz CT molecular complexity index is 252. The van der Waals surface area contributed by atoms with Gasteiger partial charge in [0.2, 0.25) is 0 Å². The molecule has 10 heavy (non-hydrogen) atoms. The first-order valence-electron chi connectivity index (χ1n) is 3.33. The Kier molecular flexibility index (Phi) is 1.29. The van der Waals surface area contributed by atoms with Crippen LogP contribution in [0, 0.1) is 6.92 Å². The normalized spacial score (nSPS) is 21.0. The fourth-order valence-corrected chi connectivity index (χ4v) is 2.07. The molecule has 2 rings (SSSR count). The Morgan fingerprint density at radius 2 is 2.40 bits per heavy atom. The van der Waals surface area contributed by atoms with E-state index in [1.807, 2.05) is 6.92 Å². The zero-order valence-corrected chi connectivity index (χ0v) is 7.30. The average Bonchev–Trinajstić information content (AvgIpc) is 2.45. The van der Waals surface area contributed by atoms with E-state index >= 15 is 0 Å². The number of nitrogens with zero attached hydrogens (tertiary/aromatic N) is 1. The van der Waals surface area contributed by atoms with E-state index < -0.39 is 0 Å². The number of halogens is 1. The van der Waals surface area contributed by atoms with Gasteiger partial charge in [0.1, 0.15) is 0 Å². The minimum absolute atomic E-state index is 0.00801. The molecule has 1 saturated carbocycles. The molecular weight excluding hydrogens is 166 g/mol. The molecule has 0 bridgehead atoms. The van der Waals surface area contributed by atoms with Crippen LogP contribution in [-0.4, -0.2) is 4.37 Å². The summed E-state index contributed by atoms with van der Waals surface area (Å²) in [5, 5.41) is 0. The zero-order valence-electron chi connectivity index (χ0n) is 5.72. The molecule has 1 aliphatic rings. The van der Waals surface area contributed by atoms with Crippen molar-refractivity contribution in [3.8, 4) is 0 Å². The van der Waals surface area contributed by atoms with Crippen LogP contribution in [0.2, 0.25) is 0 Å². The Morgan fingerprint density at radius 3 is 2.80 bits per heavy atom. The second-order valence-corrected chi connectivity index (χ2v) is 4.33. The van der Waals surface area contributed by atoms with Crippen molar-refractivity contribution in [3.63, 3.8) is 0 Å². The minimum Gasteiger partial charge on any atom is -0.198 e. The molecule has 1 heterocycles. The summed E-state index contributed by atoms with van der Waals surface area (Å²) in [6.45, 7) is 2.00. The molecule has 0 saturated heterocycles. The van der Waals surface area contributed by atoms with Gasteiger partial charge in [0.25, 0.3) is 0 Å². The molecule has 1 nitrogen and oxygen atoms in total. The van der Waals surface area contributed by atoms with Crippen LogP contribution in [0.15, 0.2) is 6.07 Å². The highest BCUT2D eigenvalue weighted by atomic mass is 35.5. The molecule has 0 aliphatic heterocycles. The maximum absolute atomic E-state index is 6.15. The molecule has 54 valence electrons. The molecule has 0 aromatic carbocycles. The predicted molar refractivity (Wildman–Crippen MR) is 43.6 cm³/mol. The number of hydrogen-bond acceptors (Lipinski definition) is 2. The van der Waals surface area contributed by atoms with Crippen LogP contribution in [-0.2, 0) is 4.87 Å². The maximum atomic E-state index is 6.15. The molecule has 1 aromatic rings. The molecule has 0 amide bonds. The highest BCUT2D eigenvalue weighted by Gasteiger charge is 2.43. The minimum atomic E-state index is -0.00801. The standard InChI is InChI=1S/C7H8ClNS/c1-5-4-6(10-9-5)7(8)2-3-7/h4H,2-3H2,1H3. The Balaban J connectivity index is 2.34. The van der Waals surface area contributed by atoms with Crippen LogP contribution >= 0.6 is 23.1 Å². The summed E-state index contributed by atoms with van der Waals surface area (Å²) in [7, 11) is 0. The van der Waals surface area contributed by atoms with E-state index in [-0.39, 0.29) is 4.87 Å². The molecule has 1 fully saturated rings. The highest BCUT2D eigenvalue weighted by Crippen LogP contribution is 2.53. The van der Waals surface area contributed by atoms with E-state index in [0.717, 1.165) is 18.5 Å². The molecule has 1 aromatic heterocycles. The molecular formula is C7H8ClNS. The molecule has 0 unspecified atom stereocenters. The number of rotatable bonds is 1. The van der Waals surface area contributed by atoms with Crippen molar-refractivity contribution in [3.05, 3.63) is 16.6 Å². The molecule has 3 heteroatoms. The van der Waals surface area contributed by atoms with Gasteiger partial charge in [-0.25, -0.2) is 0 Å². The van der Waals surface area contributed by atoms with E-state index in [2.05, 4.69) is 10.4 Å². The number of aryl methyl sites for hydroxylation is 1. The Hall–Kier alpha value is -0.0800. The fourth-order valence-electron chi connectivity index (χ4n) is 0.931. The van der Waals surface area contributed by atoms with Crippen molar-refractivity contribution in [1.82, 2.24) is 4.37 Å². The molecule has 0 radical (unpaired) electrons. The van der Waals surface area contributed by atoms with Gasteiger partial charge in [-0.15, -0.1) is 11.6 Å². The topological polar surface area (TPSA) is 12.9 Å². The molecule has 0 atom stereocenters. The Morgan fingerprint density at radius 1 is 1.70 bits per heavy atom. The summed E-state index contributed by atoms with van der Waals surface area (Å²) in [6.07, 6.45) is 2.24. The van der Waals surface area contributed by atoms with E-state index in [1.165, 1.54) is 16.4 Å². The van der Waals surface area contributed by atoms with Crippen LogP contribution in [0.25, 0.3) is 0 Å². The highest BCUT2D eigenvalue weighted by molar-refractivity contribution is 7.06. The van der Waals surface area contributed by atoms with Crippen molar-refractivity contribution in [2.75, 3.05) is 0 Å². The first kappa shape index (κ1) is 6.62. The lowest BCUT2D eigenvalue weighted by Gasteiger charge is -1.97. The van der Waals surface area contributed by atoms with Crippen molar-refractivity contribution >= 4 is 23.1 Å². The largest absolute Gasteiger partial charge is 0.198 e. The average molecular weight is 174 g/mol. The van der Waals surface area contributed by atoms with Crippen molar-refractivity contribution in [2.24, 2.45) is 0 Å². The van der Waals surface area contributed by atoms with Gasteiger partial charge >= 0.3 is 0 Å². The van der Waals surface area contributed by atoms with Gasteiger partial charge in [-0.1, -0.05) is 0 Å². The molecule has 1 aliphatic carbocycles. The second kappa shape index (κ2) is 1.95. The Labute approximate surface area is 69.2 Å². The molecule has 0 spiro atoms. The third-order valence-electron chi connectivity index (χ3n) is 1.76. The smallest absolute Gasteiger partial charge is 0.0804 e. The van der Waals surface area contributed by atoms with Gasteiger partial charge in [-0.05, 0) is 37.4 Å².